The summed E-state index contributed by atoms with van der Waals surface area (Å²) in [5.74, 6) is 0.365. The number of halogens is 3. The molecule has 1 aromatic carbocycles. The minimum atomic E-state index is -0.158. The smallest absolute Gasteiger partial charge is 0.127 e. The third-order valence-corrected chi connectivity index (χ3v) is 4.23. The van der Waals surface area contributed by atoms with Gasteiger partial charge in [-0.15, -0.1) is 0 Å². The first-order chi connectivity index (χ1) is 7.54. The third-order valence-electron chi connectivity index (χ3n) is 2.72. The zero-order valence-corrected chi connectivity index (χ0v) is 12.6. The first-order valence-corrected chi connectivity index (χ1v) is 7.19. The number of rotatable bonds is 5. The summed E-state index contributed by atoms with van der Waals surface area (Å²) in [5.41, 5.74) is 0.697. The van der Waals surface area contributed by atoms with Gasteiger partial charge in [0.15, 0.2) is 0 Å². The van der Waals surface area contributed by atoms with E-state index in [0.717, 1.165) is 9.80 Å². The number of alkyl halides is 1. The van der Waals surface area contributed by atoms with E-state index in [1.165, 1.54) is 6.07 Å². The van der Waals surface area contributed by atoms with Crippen molar-refractivity contribution in [2.24, 2.45) is 5.92 Å². The van der Waals surface area contributed by atoms with Gasteiger partial charge in [-0.2, -0.15) is 0 Å². The predicted octanol–water partition coefficient (Wildman–Crippen LogP) is 4.10. The van der Waals surface area contributed by atoms with Gasteiger partial charge in [0.25, 0.3) is 0 Å². The van der Waals surface area contributed by atoms with Crippen LogP contribution in [0, 0.1) is 11.7 Å². The fourth-order valence-corrected chi connectivity index (χ4v) is 2.25. The highest BCUT2D eigenvalue weighted by Crippen LogP contribution is 2.16. The van der Waals surface area contributed by atoms with Crippen LogP contribution in [0.4, 0.5) is 4.39 Å². The van der Waals surface area contributed by atoms with E-state index in [4.69, 9.17) is 0 Å². The summed E-state index contributed by atoms with van der Waals surface area (Å²) in [5, 5.41) is 4.27. The summed E-state index contributed by atoms with van der Waals surface area (Å²) < 4.78 is 14.3. The molecule has 0 radical (unpaired) electrons. The lowest BCUT2D eigenvalue weighted by atomic mass is 10.1. The minimum absolute atomic E-state index is 0.158. The number of hydrogen-bond donors (Lipinski definition) is 1. The number of hydrogen-bond acceptors (Lipinski definition) is 1. The molecule has 0 aliphatic heterocycles. The molecule has 0 aliphatic carbocycles. The van der Waals surface area contributed by atoms with E-state index < -0.39 is 0 Å². The molecule has 1 N–H and O–H groups in total. The van der Waals surface area contributed by atoms with Gasteiger partial charge >= 0.3 is 0 Å². The van der Waals surface area contributed by atoms with Crippen molar-refractivity contribution in [1.82, 2.24) is 5.32 Å². The molecule has 0 amide bonds. The molecule has 4 heteroatoms. The molecule has 0 spiro atoms. The molecular formula is C12H16Br2FN. The van der Waals surface area contributed by atoms with Crippen molar-refractivity contribution >= 4 is 31.9 Å². The zero-order chi connectivity index (χ0) is 12.1. The molecule has 0 heterocycles. The lowest BCUT2D eigenvalue weighted by molar-refractivity contribution is 0.428. The Balaban J connectivity index is 2.57. The molecule has 90 valence electrons. The molecule has 0 fully saturated rings. The fraction of sp³-hybridized carbons (Fsp3) is 0.500. The molecule has 0 saturated heterocycles. The van der Waals surface area contributed by atoms with Crippen molar-refractivity contribution in [1.29, 1.82) is 0 Å². The SMILES string of the molecule is CC(CBr)C(C)NCc1cc(Br)ccc1F. The van der Waals surface area contributed by atoms with E-state index >= 15 is 0 Å². The monoisotopic (exact) mass is 351 g/mol. The molecule has 1 nitrogen and oxygen atoms in total. The highest BCUT2D eigenvalue weighted by Gasteiger charge is 2.11. The maximum absolute atomic E-state index is 13.4. The van der Waals surface area contributed by atoms with Crippen LogP contribution in [-0.2, 0) is 6.54 Å². The van der Waals surface area contributed by atoms with Crippen LogP contribution in [0.15, 0.2) is 22.7 Å². The van der Waals surface area contributed by atoms with E-state index in [0.29, 0.717) is 24.1 Å². The summed E-state index contributed by atoms with van der Waals surface area (Å²) in [6.07, 6.45) is 0. The second-order valence-electron chi connectivity index (χ2n) is 4.04. The van der Waals surface area contributed by atoms with Crippen molar-refractivity contribution in [2.75, 3.05) is 5.33 Å². The topological polar surface area (TPSA) is 12.0 Å². The second kappa shape index (κ2) is 6.72. The maximum atomic E-state index is 13.4. The summed E-state index contributed by atoms with van der Waals surface area (Å²) in [7, 11) is 0. The van der Waals surface area contributed by atoms with Gasteiger partial charge in [-0.05, 0) is 31.0 Å². The summed E-state index contributed by atoms with van der Waals surface area (Å²) in [6.45, 7) is 4.83. The van der Waals surface area contributed by atoms with Gasteiger partial charge in [0.05, 0.1) is 0 Å². The molecule has 2 atom stereocenters. The Morgan fingerprint density at radius 1 is 1.38 bits per heavy atom. The van der Waals surface area contributed by atoms with Crippen LogP contribution >= 0.6 is 31.9 Å². The first kappa shape index (κ1) is 14.1. The van der Waals surface area contributed by atoms with Crippen molar-refractivity contribution in [3.05, 3.63) is 34.1 Å². The Labute approximate surface area is 113 Å². The first-order valence-electron chi connectivity index (χ1n) is 5.28. The largest absolute Gasteiger partial charge is 0.310 e. The lowest BCUT2D eigenvalue weighted by Gasteiger charge is -2.19. The van der Waals surface area contributed by atoms with Gasteiger partial charge in [0.1, 0.15) is 5.82 Å². The third kappa shape index (κ3) is 4.15. The quantitative estimate of drug-likeness (QED) is 0.787. The maximum Gasteiger partial charge on any atom is 0.127 e. The molecule has 16 heavy (non-hydrogen) atoms. The Kier molecular flexibility index (Phi) is 5.94. The highest BCUT2D eigenvalue weighted by molar-refractivity contribution is 9.10. The van der Waals surface area contributed by atoms with Crippen LogP contribution in [0.25, 0.3) is 0 Å². The van der Waals surface area contributed by atoms with Gasteiger partial charge in [0, 0.05) is 28.0 Å². The van der Waals surface area contributed by atoms with Gasteiger partial charge in [0.2, 0.25) is 0 Å². The Bertz CT molecular complexity index is 344. The normalized spacial score (nSPS) is 14.8. The van der Waals surface area contributed by atoms with E-state index in [9.17, 15) is 4.39 Å². The lowest BCUT2D eigenvalue weighted by Crippen LogP contribution is -2.32. The van der Waals surface area contributed by atoms with Gasteiger partial charge in [-0.25, -0.2) is 4.39 Å². The van der Waals surface area contributed by atoms with Crippen molar-refractivity contribution in [3.8, 4) is 0 Å². The molecular weight excluding hydrogens is 337 g/mol. The average molecular weight is 353 g/mol. The van der Waals surface area contributed by atoms with Gasteiger partial charge < -0.3 is 5.32 Å². The Morgan fingerprint density at radius 2 is 2.06 bits per heavy atom. The molecule has 0 aliphatic rings. The number of nitrogens with one attached hydrogen (secondary N) is 1. The van der Waals surface area contributed by atoms with Crippen molar-refractivity contribution in [2.45, 2.75) is 26.4 Å². The molecule has 1 rings (SSSR count). The van der Waals surface area contributed by atoms with Gasteiger partial charge in [-0.1, -0.05) is 38.8 Å². The summed E-state index contributed by atoms with van der Waals surface area (Å²) in [4.78, 5) is 0. The number of benzene rings is 1. The molecule has 1 aromatic rings. The zero-order valence-electron chi connectivity index (χ0n) is 9.43. The van der Waals surface area contributed by atoms with Crippen LogP contribution < -0.4 is 5.32 Å². The average Bonchev–Trinajstić information content (AvgIpc) is 2.28. The highest BCUT2D eigenvalue weighted by atomic mass is 79.9. The fourth-order valence-electron chi connectivity index (χ4n) is 1.28. The predicted molar refractivity (Wildman–Crippen MR) is 73.4 cm³/mol. The molecule has 0 saturated carbocycles. The Hall–Kier alpha value is 0.0700. The van der Waals surface area contributed by atoms with E-state index in [1.807, 2.05) is 6.07 Å². The summed E-state index contributed by atoms with van der Waals surface area (Å²) >= 11 is 6.79. The van der Waals surface area contributed by atoms with Crippen LogP contribution in [0.2, 0.25) is 0 Å². The Morgan fingerprint density at radius 3 is 2.69 bits per heavy atom. The summed E-state index contributed by atoms with van der Waals surface area (Å²) in [6, 6.07) is 5.37. The molecule has 2 unspecified atom stereocenters. The second-order valence-corrected chi connectivity index (χ2v) is 5.60. The molecule has 0 bridgehead atoms. The van der Waals surface area contributed by atoms with Crippen LogP contribution in [0.5, 0.6) is 0 Å². The van der Waals surface area contributed by atoms with Crippen LogP contribution in [0.3, 0.4) is 0 Å². The van der Waals surface area contributed by atoms with Crippen LogP contribution in [-0.4, -0.2) is 11.4 Å². The molecule has 0 aromatic heterocycles. The van der Waals surface area contributed by atoms with E-state index in [1.54, 1.807) is 6.07 Å². The van der Waals surface area contributed by atoms with Gasteiger partial charge in [-0.3, -0.25) is 0 Å². The van der Waals surface area contributed by atoms with Crippen LogP contribution in [0.1, 0.15) is 19.4 Å². The van der Waals surface area contributed by atoms with Crippen molar-refractivity contribution in [3.63, 3.8) is 0 Å². The minimum Gasteiger partial charge on any atom is -0.310 e. The standard InChI is InChI=1S/C12H16Br2FN/c1-8(6-13)9(2)16-7-10-5-11(14)3-4-12(10)15/h3-5,8-9,16H,6-7H2,1-2H3. The van der Waals surface area contributed by atoms with E-state index in [2.05, 4.69) is 51.0 Å². The van der Waals surface area contributed by atoms with Crippen molar-refractivity contribution < 1.29 is 4.39 Å². The van der Waals surface area contributed by atoms with E-state index in [-0.39, 0.29) is 5.82 Å².